The summed E-state index contributed by atoms with van der Waals surface area (Å²) in [6.07, 6.45) is 3.70. The van der Waals surface area contributed by atoms with Crippen LogP contribution in [0.4, 0.5) is 5.82 Å². The normalized spacial score (nSPS) is 15.8. The van der Waals surface area contributed by atoms with E-state index in [1.165, 1.54) is 0 Å². The van der Waals surface area contributed by atoms with E-state index in [0.29, 0.717) is 24.0 Å². The smallest absolute Gasteiger partial charge is 0.309 e. The van der Waals surface area contributed by atoms with E-state index in [9.17, 15) is 9.59 Å². The van der Waals surface area contributed by atoms with Crippen molar-refractivity contribution in [3.8, 4) is 11.5 Å². The first kappa shape index (κ1) is 19.0. The van der Waals surface area contributed by atoms with Gasteiger partial charge in [0.1, 0.15) is 5.82 Å². The first-order valence-corrected chi connectivity index (χ1v) is 9.79. The molecule has 2 amide bonds. The number of rotatable bonds is 5. The van der Waals surface area contributed by atoms with E-state index in [1.54, 1.807) is 18.3 Å². The summed E-state index contributed by atoms with van der Waals surface area (Å²) in [4.78, 5) is 30.8. The van der Waals surface area contributed by atoms with Crippen molar-refractivity contribution in [3.63, 3.8) is 0 Å². The first-order valence-electron chi connectivity index (χ1n) is 9.79. The third-order valence-corrected chi connectivity index (χ3v) is 5.24. The molecule has 4 rings (SSSR count). The van der Waals surface area contributed by atoms with Gasteiger partial charge in [-0.3, -0.25) is 9.59 Å². The second-order valence-electron chi connectivity index (χ2n) is 7.20. The number of anilines is 1. The van der Waals surface area contributed by atoms with Crippen LogP contribution >= 0.6 is 0 Å². The molecule has 152 valence electrons. The van der Waals surface area contributed by atoms with Gasteiger partial charge in [0, 0.05) is 32.4 Å². The van der Waals surface area contributed by atoms with Gasteiger partial charge in [0.25, 0.3) is 0 Å². The maximum Gasteiger partial charge on any atom is 0.309 e. The van der Waals surface area contributed by atoms with Crippen LogP contribution in [0, 0.1) is 5.92 Å². The molecule has 2 aliphatic heterocycles. The number of pyridine rings is 1. The molecular formula is C21H24N4O4. The summed E-state index contributed by atoms with van der Waals surface area (Å²) in [5, 5.41) is 5.40. The molecule has 0 saturated carbocycles. The fourth-order valence-electron chi connectivity index (χ4n) is 3.54. The van der Waals surface area contributed by atoms with Gasteiger partial charge >= 0.3 is 11.8 Å². The molecular weight excluding hydrogens is 372 g/mol. The number of amides is 2. The lowest BCUT2D eigenvalue weighted by molar-refractivity contribution is -0.139. The number of fused-ring (bicyclic) bond motifs is 1. The maximum absolute atomic E-state index is 12.1. The van der Waals surface area contributed by atoms with Crippen LogP contribution < -0.4 is 25.0 Å². The Morgan fingerprint density at radius 1 is 1.03 bits per heavy atom. The monoisotopic (exact) mass is 396 g/mol. The number of nitrogens with zero attached hydrogens (tertiary/aromatic N) is 2. The van der Waals surface area contributed by atoms with Crippen molar-refractivity contribution in [1.29, 1.82) is 0 Å². The number of hydrogen-bond acceptors (Lipinski definition) is 6. The average Bonchev–Trinajstić information content (AvgIpc) is 3.24. The van der Waals surface area contributed by atoms with Gasteiger partial charge in [-0.05, 0) is 48.6 Å². The summed E-state index contributed by atoms with van der Waals surface area (Å²) >= 11 is 0. The fourth-order valence-corrected chi connectivity index (χ4v) is 3.54. The third-order valence-electron chi connectivity index (χ3n) is 5.24. The largest absolute Gasteiger partial charge is 0.454 e. The Labute approximate surface area is 169 Å². The van der Waals surface area contributed by atoms with Crippen LogP contribution in [0.2, 0.25) is 0 Å². The zero-order chi connectivity index (χ0) is 20.1. The fraction of sp³-hybridized carbons (Fsp3) is 0.381. The Bertz CT molecular complexity index is 866. The zero-order valence-corrected chi connectivity index (χ0v) is 16.1. The lowest BCUT2D eigenvalue weighted by Gasteiger charge is -2.32. The lowest BCUT2D eigenvalue weighted by Crippen LogP contribution is -2.43. The molecule has 2 aromatic rings. The number of carbonyl (C=O) groups is 2. The first-order chi connectivity index (χ1) is 14.2. The summed E-state index contributed by atoms with van der Waals surface area (Å²) < 4.78 is 10.6. The van der Waals surface area contributed by atoms with E-state index in [4.69, 9.17) is 9.47 Å². The highest BCUT2D eigenvalue weighted by molar-refractivity contribution is 6.35. The Balaban J connectivity index is 1.17. The third kappa shape index (κ3) is 4.77. The van der Waals surface area contributed by atoms with E-state index in [-0.39, 0.29) is 13.3 Å². The molecule has 1 aromatic heterocycles. The molecule has 0 radical (unpaired) electrons. The summed E-state index contributed by atoms with van der Waals surface area (Å²) in [6.45, 7) is 2.76. The Morgan fingerprint density at radius 3 is 2.62 bits per heavy atom. The quantitative estimate of drug-likeness (QED) is 0.744. The van der Waals surface area contributed by atoms with Gasteiger partial charge in [-0.1, -0.05) is 12.1 Å². The minimum absolute atomic E-state index is 0.203. The molecule has 8 nitrogen and oxygen atoms in total. The number of hydrogen-bond donors (Lipinski definition) is 2. The van der Waals surface area contributed by atoms with Gasteiger partial charge < -0.3 is 25.0 Å². The molecule has 2 aliphatic rings. The van der Waals surface area contributed by atoms with Gasteiger partial charge in [-0.25, -0.2) is 4.98 Å². The van der Waals surface area contributed by atoms with Gasteiger partial charge in [0.2, 0.25) is 6.79 Å². The molecule has 1 saturated heterocycles. The molecule has 2 N–H and O–H groups in total. The van der Waals surface area contributed by atoms with E-state index < -0.39 is 11.8 Å². The van der Waals surface area contributed by atoms with Crippen molar-refractivity contribution in [2.75, 3.05) is 31.3 Å². The summed E-state index contributed by atoms with van der Waals surface area (Å²) in [6, 6.07) is 11.3. The number of nitrogens with one attached hydrogen (secondary N) is 2. The van der Waals surface area contributed by atoms with Gasteiger partial charge in [-0.15, -0.1) is 0 Å². The average molecular weight is 396 g/mol. The van der Waals surface area contributed by atoms with E-state index >= 15 is 0 Å². The van der Waals surface area contributed by atoms with Crippen molar-refractivity contribution in [2.24, 2.45) is 5.92 Å². The highest BCUT2D eigenvalue weighted by Gasteiger charge is 2.22. The highest BCUT2D eigenvalue weighted by Crippen LogP contribution is 2.32. The molecule has 0 spiro atoms. The number of ether oxygens (including phenoxy) is 2. The summed E-state index contributed by atoms with van der Waals surface area (Å²) in [5.41, 5.74) is 0.845. The molecule has 8 heteroatoms. The van der Waals surface area contributed by atoms with Crippen LogP contribution in [0.25, 0.3) is 0 Å². The van der Waals surface area contributed by atoms with Gasteiger partial charge in [0.15, 0.2) is 11.5 Å². The topological polar surface area (TPSA) is 92.8 Å². The molecule has 29 heavy (non-hydrogen) atoms. The Kier molecular flexibility index (Phi) is 5.79. The molecule has 0 atom stereocenters. The SMILES string of the molecule is O=C(NCc1ccc2c(c1)OCO2)C(=O)NCC1CCN(c2ccccn2)CC1. The predicted molar refractivity (Wildman–Crippen MR) is 107 cm³/mol. The minimum atomic E-state index is -0.631. The highest BCUT2D eigenvalue weighted by atomic mass is 16.7. The summed E-state index contributed by atoms with van der Waals surface area (Å²) in [7, 11) is 0. The van der Waals surface area contributed by atoms with Crippen molar-refractivity contribution in [3.05, 3.63) is 48.2 Å². The van der Waals surface area contributed by atoms with Crippen molar-refractivity contribution in [1.82, 2.24) is 15.6 Å². The second kappa shape index (κ2) is 8.81. The minimum Gasteiger partial charge on any atom is -0.454 e. The van der Waals surface area contributed by atoms with Crippen LogP contribution in [0.15, 0.2) is 42.6 Å². The molecule has 1 fully saturated rings. The molecule has 0 aliphatic carbocycles. The van der Waals surface area contributed by atoms with Crippen molar-refractivity contribution < 1.29 is 19.1 Å². The zero-order valence-electron chi connectivity index (χ0n) is 16.1. The van der Waals surface area contributed by atoms with Crippen LogP contribution in [0.5, 0.6) is 11.5 Å². The van der Waals surface area contributed by atoms with E-state index in [2.05, 4.69) is 20.5 Å². The van der Waals surface area contributed by atoms with Crippen LogP contribution in [0.1, 0.15) is 18.4 Å². The molecule has 0 bridgehead atoms. The molecule has 0 unspecified atom stereocenters. The molecule has 1 aromatic carbocycles. The van der Waals surface area contributed by atoms with Gasteiger partial charge in [0.05, 0.1) is 0 Å². The molecule has 3 heterocycles. The standard InChI is InChI=1S/C21H24N4O4/c26-20(21(27)24-13-16-4-5-17-18(11-16)29-14-28-17)23-12-15-6-9-25(10-7-15)19-3-1-2-8-22-19/h1-5,8,11,15H,6-7,9-10,12-14H2,(H,23,26)(H,24,27). The number of carbonyl (C=O) groups excluding carboxylic acids is 2. The Morgan fingerprint density at radius 2 is 1.83 bits per heavy atom. The van der Waals surface area contributed by atoms with E-state index in [0.717, 1.165) is 37.3 Å². The second-order valence-corrected chi connectivity index (χ2v) is 7.20. The van der Waals surface area contributed by atoms with E-state index in [1.807, 2.05) is 24.3 Å². The van der Waals surface area contributed by atoms with Crippen molar-refractivity contribution in [2.45, 2.75) is 19.4 Å². The maximum atomic E-state index is 12.1. The van der Waals surface area contributed by atoms with Gasteiger partial charge in [-0.2, -0.15) is 0 Å². The number of benzene rings is 1. The predicted octanol–water partition coefficient (Wildman–Crippen LogP) is 1.46. The van der Waals surface area contributed by atoms with Crippen LogP contribution in [-0.2, 0) is 16.1 Å². The summed E-state index contributed by atoms with van der Waals surface area (Å²) in [5.74, 6) is 1.45. The van der Waals surface area contributed by atoms with Crippen molar-refractivity contribution >= 4 is 17.6 Å². The number of aromatic nitrogens is 1. The Hall–Kier alpha value is -3.29. The lowest BCUT2D eigenvalue weighted by atomic mass is 9.97. The number of piperidine rings is 1. The van der Waals surface area contributed by atoms with Crippen LogP contribution in [-0.4, -0.2) is 43.2 Å². The van der Waals surface area contributed by atoms with Crippen LogP contribution in [0.3, 0.4) is 0 Å².